The number of hydrogen-bond acceptors (Lipinski definition) is 7. The lowest BCUT2D eigenvalue weighted by Crippen LogP contribution is -2.12. The maximum atomic E-state index is 10.9. The van der Waals surface area contributed by atoms with Gasteiger partial charge in [0.1, 0.15) is 0 Å². The number of halogens is 4. The predicted molar refractivity (Wildman–Crippen MR) is 139 cm³/mol. The van der Waals surface area contributed by atoms with Gasteiger partial charge >= 0.3 is 28.6 Å². The Morgan fingerprint density at radius 3 is 1.58 bits per heavy atom. The summed E-state index contributed by atoms with van der Waals surface area (Å²) in [5, 5.41) is 7.33. The summed E-state index contributed by atoms with van der Waals surface area (Å²) in [4.78, 5) is 43.4. The van der Waals surface area contributed by atoms with E-state index in [1.165, 1.54) is 28.8 Å². The molecule has 0 amide bonds. The van der Waals surface area contributed by atoms with Gasteiger partial charge in [0.05, 0.1) is 6.61 Å². The molecule has 0 aliphatic heterocycles. The Morgan fingerprint density at radius 2 is 1.30 bits per heavy atom. The van der Waals surface area contributed by atoms with Crippen LogP contribution in [0.4, 0.5) is 0 Å². The molecule has 6 nitrogen and oxygen atoms in total. The number of ether oxygens (including phenoxy) is 1. The van der Waals surface area contributed by atoms with Crippen LogP contribution in [-0.4, -0.2) is 58.6 Å². The molecular weight excluding hydrogens is 569 g/mol. The number of carboxylic acids is 1. The lowest BCUT2D eigenvalue weighted by Gasteiger charge is -1.97. The van der Waals surface area contributed by atoms with Crippen molar-refractivity contribution >= 4 is 99.6 Å². The summed E-state index contributed by atoms with van der Waals surface area (Å²) < 4.78 is 4.18. The molecule has 0 unspecified atom stereocenters. The van der Waals surface area contributed by atoms with Crippen LogP contribution in [0.5, 0.6) is 0 Å². The van der Waals surface area contributed by atoms with Crippen molar-refractivity contribution in [2.45, 2.75) is 16.7 Å². The molecule has 0 heterocycles. The second-order valence-electron chi connectivity index (χ2n) is 5.12. The Balaban J connectivity index is 0. The maximum Gasteiger partial charge on any atom is 0.643 e. The van der Waals surface area contributed by atoms with Crippen LogP contribution in [0.25, 0.3) is 0 Å². The Kier molecular flexibility index (Phi) is 22.5. The quantitative estimate of drug-likeness (QED) is 0.108. The fourth-order valence-electron chi connectivity index (χ4n) is 1.61. The molecule has 0 fully saturated rings. The van der Waals surface area contributed by atoms with Gasteiger partial charge in [-0.3, -0.25) is 9.59 Å². The van der Waals surface area contributed by atoms with Crippen LogP contribution < -0.4 is 0 Å². The minimum Gasteiger partial charge on any atom is -0.475 e. The first-order chi connectivity index (χ1) is 15.5. The molecule has 2 aromatic carbocycles. The second-order valence-corrected chi connectivity index (χ2v) is 13.7. The average Bonchev–Trinajstić information content (AvgIpc) is 2.79. The molecule has 2 rings (SSSR count). The molecule has 0 aromatic heterocycles. The zero-order chi connectivity index (χ0) is 25.8. The number of carbonyl (C=O) groups excluding carboxylic acids is 3. The molecule has 13 heteroatoms. The third-order valence-corrected chi connectivity index (χ3v) is 4.60. The van der Waals surface area contributed by atoms with Crippen molar-refractivity contribution in [2.24, 2.45) is 0 Å². The Morgan fingerprint density at radius 1 is 0.879 bits per heavy atom. The van der Waals surface area contributed by atoms with E-state index in [1.807, 2.05) is 24.5 Å². The smallest absolute Gasteiger partial charge is 0.475 e. The van der Waals surface area contributed by atoms with E-state index < -0.39 is 34.3 Å². The summed E-state index contributed by atoms with van der Waals surface area (Å²) in [6.07, 6.45) is 3.99. The zero-order valence-electron chi connectivity index (χ0n) is 17.8. The van der Waals surface area contributed by atoms with E-state index in [9.17, 15) is 19.2 Å². The first kappa shape index (κ1) is 34.3. The zero-order valence-corrected chi connectivity index (χ0v) is 23.6. The Labute approximate surface area is 223 Å². The number of rotatable bonds is 6. The minimum absolute atomic E-state index is 0.178. The molecule has 2 aromatic rings. The Bertz CT molecular complexity index is 853. The van der Waals surface area contributed by atoms with Crippen molar-refractivity contribution in [2.75, 3.05) is 19.1 Å². The largest absolute Gasteiger partial charge is 0.643 e. The number of aliphatic carboxylic acids is 1. The predicted octanol–water partition coefficient (Wildman–Crippen LogP) is 6.09. The number of Topliss-reactive ketones (excluding diaryl/α,β-unsaturated/α-hetero) is 1. The van der Waals surface area contributed by atoms with E-state index in [0.717, 1.165) is 4.90 Å². The van der Waals surface area contributed by atoms with Gasteiger partial charge in [-0.25, -0.2) is 39.7 Å². The van der Waals surface area contributed by atoms with Gasteiger partial charge in [-0.15, -0.1) is 23.5 Å². The summed E-state index contributed by atoms with van der Waals surface area (Å²) in [5.74, 6) is -3.28. The van der Waals surface area contributed by atoms with E-state index in [2.05, 4.69) is 23.1 Å². The molecular formula is C20H21AlCl4O6S2. The van der Waals surface area contributed by atoms with Gasteiger partial charge in [0, 0.05) is 15.4 Å². The van der Waals surface area contributed by atoms with Gasteiger partial charge < -0.3 is 9.84 Å². The van der Waals surface area contributed by atoms with Crippen molar-refractivity contribution in [3.05, 3.63) is 60.2 Å². The van der Waals surface area contributed by atoms with Crippen LogP contribution in [0, 0.1) is 0 Å². The number of ketones is 1. The topological polar surface area (TPSA) is 97.7 Å². The fourth-order valence-corrected chi connectivity index (χ4v) is 2.50. The van der Waals surface area contributed by atoms with Crippen molar-refractivity contribution in [3.8, 4) is 0 Å². The molecule has 0 atom stereocenters. The van der Waals surface area contributed by atoms with E-state index in [1.54, 1.807) is 30.8 Å². The van der Waals surface area contributed by atoms with Crippen LogP contribution in [0.15, 0.2) is 64.4 Å². The molecule has 0 bridgehead atoms. The molecule has 0 saturated carbocycles. The van der Waals surface area contributed by atoms with Gasteiger partial charge in [-0.05, 0) is 67.4 Å². The lowest BCUT2D eigenvalue weighted by molar-refractivity contribution is -0.149. The summed E-state index contributed by atoms with van der Waals surface area (Å²) in [6, 6.07) is 16.8. The molecule has 180 valence electrons. The lowest BCUT2D eigenvalue weighted by atomic mass is 10.1. The summed E-state index contributed by atoms with van der Waals surface area (Å²) in [7, 11) is 14.8. The van der Waals surface area contributed by atoms with Gasteiger partial charge in [-0.2, -0.15) is 0 Å². The van der Waals surface area contributed by atoms with Gasteiger partial charge in [0.25, 0.3) is 5.78 Å². The Hall–Kier alpha value is -0.888. The number of hydrogen-bond donors (Lipinski definition) is 1. The summed E-state index contributed by atoms with van der Waals surface area (Å²) in [5.41, 5.74) is 0.213. The SMILES string of the molecule is CCOC(=O)C(=O)Cl.CSc1ccc(C(=O)C(=O)O)cc1.CSc1ccccc1.[Cl][Al]([Cl])[Cl]. The standard InChI is InChI=1S/C9H8O3S.C7H8S.C4H5ClO3.Al.3ClH/c1-13-7-4-2-6(3-5-7)8(10)9(11)12;1-8-7-5-3-2-4-6-7;1-2-8-4(7)3(5)6;;;;/h2-5H,1H3,(H,11,12);2-6H,1H3;2H2,1H3;;3*1H/q;;;+3;;;/p-3. The normalized spacial score (nSPS) is 8.82. The second kappa shape index (κ2) is 21.6. The van der Waals surface area contributed by atoms with Gasteiger partial charge in [-0.1, -0.05) is 18.2 Å². The van der Waals surface area contributed by atoms with Crippen LogP contribution >= 0.6 is 65.3 Å². The minimum atomic E-state index is -1.72. The average molecular weight is 590 g/mol. The number of carboxylic acid groups (broad SMARTS) is 1. The highest BCUT2D eigenvalue weighted by atomic mass is 35.8. The highest BCUT2D eigenvalue weighted by Crippen LogP contribution is 2.15. The van der Waals surface area contributed by atoms with Crippen LogP contribution in [0.3, 0.4) is 0 Å². The molecule has 1 N–H and O–H groups in total. The fraction of sp³-hybridized carbons (Fsp3) is 0.200. The maximum absolute atomic E-state index is 10.9. The van der Waals surface area contributed by atoms with Crippen LogP contribution in [0.1, 0.15) is 17.3 Å². The van der Waals surface area contributed by atoms with Crippen LogP contribution in [-0.2, 0) is 19.1 Å². The van der Waals surface area contributed by atoms with Crippen molar-refractivity contribution in [1.82, 2.24) is 0 Å². The third kappa shape index (κ3) is 20.2. The molecule has 33 heavy (non-hydrogen) atoms. The van der Waals surface area contributed by atoms with E-state index in [0.29, 0.717) is 0 Å². The van der Waals surface area contributed by atoms with E-state index in [-0.39, 0.29) is 12.2 Å². The molecule has 0 radical (unpaired) electrons. The monoisotopic (exact) mass is 588 g/mol. The summed E-state index contributed by atoms with van der Waals surface area (Å²) >= 11 is 6.28. The van der Waals surface area contributed by atoms with Crippen molar-refractivity contribution in [1.29, 1.82) is 0 Å². The molecule has 0 saturated heterocycles. The molecule has 0 aliphatic rings. The molecule has 0 aliphatic carbocycles. The molecule has 0 spiro atoms. The van der Waals surface area contributed by atoms with Crippen molar-refractivity contribution in [3.63, 3.8) is 0 Å². The van der Waals surface area contributed by atoms with Crippen LogP contribution in [0.2, 0.25) is 0 Å². The third-order valence-electron chi connectivity index (χ3n) is 2.96. The van der Waals surface area contributed by atoms with E-state index in [4.69, 9.17) is 46.9 Å². The number of carbonyl (C=O) groups is 4. The van der Waals surface area contributed by atoms with E-state index >= 15 is 0 Å². The first-order valence-electron chi connectivity index (χ1n) is 8.79. The number of esters is 1. The summed E-state index contributed by atoms with van der Waals surface area (Å²) in [6.45, 7) is 1.77. The number of thioether (sulfide) groups is 2. The van der Waals surface area contributed by atoms with Gasteiger partial charge in [0.2, 0.25) is 0 Å². The van der Waals surface area contributed by atoms with Crippen molar-refractivity contribution < 1.29 is 29.0 Å². The first-order valence-corrected chi connectivity index (χ1v) is 16.9. The number of benzene rings is 2. The highest BCUT2D eigenvalue weighted by Gasteiger charge is 2.13. The highest BCUT2D eigenvalue weighted by molar-refractivity contribution is 7.98. The van der Waals surface area contributed by atoms with Gasteiger partial charge in [0.15, 0.2) is 0 Å².